The highest BCUT2D eigenvalue weighted by atomic mass is 79.9. The normalized spacial score (nSPS) is 15.2. The molecule has 98 valence electrons. The van der Waals surface area contributed by atoms with E-state index in [4.69, 9.17) is 5.73 Å². The average Bonchev–Trinajstić information content (AvgIpc) is 2.73. The molecule has 0 aliphatic rings. The van der Waals surface area contributed by atoms with Gasteiger partial charge in [-0.25, -0.2) is 0 Å². The largest absolute Gasteiger partial charge is 0.329 e. The third kappa shape index (κ3) is 4.24. The lowest BCUT2D eigenvalue weighted by molar-refractivity contribution is 0.188. The van der Waals surface area contributed by atoms with Gasteiger partial charge in [0.05, 0.1) is 6.04 Å². The Labute approximate surface area is 121 Å². The van der Waals surface area contributed by atoms with Gasteiger partial charge in [0.2, 0.25) is 0 Å². The third-order valence-electron chi connectivity index (χ3n) is 3.10. The van der Waals surface area contributed by atoms with Crippen molar-refractivity contribution in [3.63, 3.8) is 0 Å². The van der Waals surface area contributed by atoms with Crippen LogP contribution >= 0.6 is 39.0 Å². The number of rotatable bonds is 7. The zero-order chi connectivity index (χ0) is 12.8. The van der Waals surface area contributed by atoms with Gasteiger partial charge in [0.15, 0.2) is 0 Å². The van der Waals surface area contributed by atoms with Crippen molar-refractivity contribution >= 4 is 39.0 Å². The van der Waals surface area contributed by atoms with Crippen LogP contribution < -0.4 is 5.73 Å². The molecule has 0 saturated heterocycles. The van der Waals surface area contributed by atoms with Gasteiger partial charge < -0.3 is 5.73 Å². The maximum Gasteiger partial charge on any atom is 0.0575 e. The molecule has 0 spiro atoms. The molecule has 0 aliphatic carbocycles. The van der Waals surface area contributed by atoms with E-state index in [0.29, 0.717) is 18.6 Å². The van der Waals surface area contributed by atoms with Gasteiger partial charge in [-0.05, 0) is 59.8 Å². The first-order valence-corrected chi connectivity index (χ1v) is 8.82. The lowest BCUT2D eigenvalue weighted by Gasteiger charge is -2.32. The molecular weight excluding hydrogens is 316 g/mol. The molecule has 1 heterocycles. The first-order valence-electron chi connectivity index (χ1n) is 5.75. The van der Waals surface area contributed by atoms with Crippen molar-refractivity contribution in [1.29, 1.82) is 0 Å². The predicted octanol–water partition coefficient (Wildman–Crippen LogP) is 3.58. The third-order valence-corrected chi connectivity index (χ3v) is 5.71. The smallest absolute Gasteiger partial charge is 0.0575 e. The van der Waals surface area contributed by atoms with Crippen molar-refractivity contribution in [2.24, 2.45) is 5.73 Å². The second kappa shape index (κ2) is 7.79. The van der Waals surface area contributed by atoms with Crippen LogP contribution in [-0.4, -0.2) is 36.5 Å². The number of thioether (sulfide) groups is 1. The van der Waals surface area contributed by atoms with E-state index in [-0.39, 0.29) is 0 Å². The Morgan fingerprint density at radius 1 is 1.59 bits per heavy atom. The molecule has 0 amide bonds. The zero-order valence-electron chi connectivity index (χ0n) is 10.6. The van der Waals surface area contributed by atoms with E-state index in [1.54, 1.807) is 11.3 Å². The van der Waals surface area contributed by atoms with Crippen molar-refractivity contribution in [3.05, 3.63) is 20.8 Å². The molecule has 5 heteroatoms. The highest BCUT2D eigenvalue weighted by Gasteiger charge is 2.22. The number of nitrogens with zero attached hydrogens (tertiary/aromatic N) is 1. The Kier molecular flexibility index (Phi) is 7.11. The van der Waals surface area contributed by atoms with Gasteiger partial charge >= 0.3 is 0 Å². The van der Waals surface area contributed by atoms with Crippen molar-refractivity contribution in [2.45, 2.75) is 25.4 Å². The minimum absolute atomic E-state index is 0.321. The van der Waals surface area contributed by atoms with E-state index in [1.165, 1.54) is 21.5 Å². The summed E-state index contributed by atoms with van der Waals surface area (Å²) in [6, 6.07) is 2.98. The van der Waals surface area contributed by atoms with Crippen LogP contribution in [0.5, 0.6) is 0 Å². The number of nitrogens with two attached hydrogens (primary N) is 1. The standard InChI is InChI=1S/C12H21BrN2S2/c1-9(4-6-16-3)15(2)11(8-14)12-10(13)5-7-17-12/h5,7,9,11H,4,6,8,14H2,1-3H3. The molecule has 0 bridgehead atoms. The van der Waals surface area contributed by atoms with Crippen LogP contribution in [0.4, 0.5) is 0 Å². The molecule has 0 radical (unpaired) electrons. The number of thiophene rings is 1. The summed E-state index contributed by atoms with van der Waals surface area (Å²) in [5, 5.41) is 2.11. The van der Waals surface area contributed by atoms with Gasteiger partial charge in [-0.15, -0.1) is 11.3 Å². The first kappa shape index (κ1) is 15.5. The molecule has 2 atom stereocenters. The molecule has 17 heavy (non-hydrogen) atoms. The topological polar surface area (TPSA) is 29.3 Å². The Hall–Kier alpha value is 0.450. The summed E-state index contributed by atoms with van der Waals surface area (Å²) in [7, 11) is 2.18. The lowest BCUT2D eigenvalue weighted by Crippen LogP contribution is -2.37. The predicted molar refractivity (Wildman–Crippen MR) is 84.0 cm³/mol. The summed E-state index contributed by atoms with van der Waals surface area (Å²) in [6.45, 7) is 2.94. The van der Waals surface area contributed by atoms with Crippen molar-refractivity contribution in [3.8, 4) is 0 Å². The molecular formula is C12H21BrN2S2. The van der Waals surface area contributed by atoms with Crippen LogP contribution in [0.1, 0.15) is 24.3 Å². The molecule has 1 aromatic heterocycles. The number of hydrogen-bond donors (Lipinski definition) is 1. The number of hydrogen-bond acceptors (Lipinski definition) is 4. The van der Waals surface area contributed by atoms with Crippen LogP contribution in [0.2, 0.25) is 0 Å². The van der Waals surface area contributed by atoms with Crippen molar-refractivity contribution in [1.82, 2.24) is 4.90 Å². The minimum atomic E-state index is 0.321. The lowest BCUT2D eigenvalue weighted by atomic mass is 10.1. The summed E-state index contributed by atoms with van der Waals surface area (Å²) in [5.41, 5.74) is 5.94. The molecule has 0 aromatic carbocycles. The van der Waals surface area contributed by atoms with Gasteiger partial charge in [0.25, 0.3) is 0 Å². The summed E-state index contributed by atoms with van der Waals surface area (Å²) in [4.78, 5) is 3.73. The van der Waals surface area contributed by atoms with E-state index < -0.39 is 0 Å². The molecule has 0 aliphatic heterocycles. The van der Waals surface area contributed by atoms with E-state index >= 15 is 0 Å². The van der Waals surface area contributed by atoms with Crippen LogP contribution in [-0.2, 0) is 0 Å². The monoisotopic (exact) mass is 336 g/mol. The molecule has 1 aromatic rings. The molecule has 0 fully saturated rings. The van der Waals surface area contributed by atoms with Gasteiger partial charge in [-0.1, -0.05) is 0 Å². The Morgan fingerprint density at radius 2 is 2.29 bits per heavy atom. The van der Waals surface area contributed by atoms with Crippen LogP contribution in [0, 0.1) is 0 Å². The van der Waals surface area contributed by atoms with Gasteiger partial charge in [0, 0.05) is 21.9 Å². The highest BCUT2D eigenvalue weighted by molar-refractivity contribution is 9.10. The van der Waals surface area contributed by atoms with Crippen LogP contribution in [0.25, 0.3) is 0 Å². The minimum Gasteiger partial charge on any atom is -0.329 e. The second-order valence-electron chi connectivity index (χ2n) is 4.18. The van der Waals surface area contributed by atoms with Crippen molar-refractivity contribution in [2.75, 3.05) is 25.6 Å². The molecule has 2 N–H and O–H groups in total. The molecule has 1 rings (SSSR count). The van der Waals surface area contributed by atoms with Gasteiger partial charge in [-0.3, -0.25) is 4.90 Å². The van der Waals surface area contributed by atoms with E-state index in [2.05, 4.69) is 52.5 Å². The second-order valence-corrected chi connectivity index (χ2v) is 6.97. The van der Waals surface area contributed by atoms with E-state index in [0.717, 1.165) is 0 Å². The quantitative estimate of drug-likeness (QED) is 0.825. The fourth-order valence-corrected chi connectivity index (χ4v) is 4.18. The van der Waals surface area contributed by atoms with Crippen LogP contribution in [0.3, 0.4) is 0 Å². The summed E-state index contributed by atoms with van der Waals surface area (Å²) in [6.07, 6.45) is 3.36. The highest BCUT2D eigenvalue weighted by Crippen LogP contribution is 2.32. The molecule has 2 unspecified atom stereocenters. The molecule has 2 nitrogen and oxygen atoms in total. The van der Waals surface area contributed by atoms with E-state index in [9.17, 15) is 0 Å². The average molecular weight is 337 g/mol. The maximum absolute atomic E-state index is 5.94. The Balaban J connectivity index is 2.70. The maximum atomic E-state index is 5.94. The van der Waals surface area contributed by atoms with Gasteiger partial charge in [-0.2, -0.15) is 11.8 Å². The van der Waals surface area contributed by atoms with Crippen LogP contribution in [0.15, 0.2) is 15.9 Å². The number of likely N-dealkylation sites (N-methyl/N-ethyl adjacent to an activating group) is 1. The summed E-state index contributed by atoms with van der Waals surface area (Å²) >= 11 is 7.28. The van der Waals surface area contributed by atoms with E-state index in [1.807, 2.05) is 11.8 Å². The van der Waals surface area contributed by atoms with Crippen molar-refractivity contribution < 1.29 is 0 Å². The Morgan fingerprint density at radius 3 is 2.76 bits per heavy atom. The zero-order valence-corrected chi connectivity index (χ0v) is 13.9. The Bertz CT molecular complexity index is 330. The SMILES string of the molecule is CSCCC(C)N(C)C(CN)c1sccc1Br. The van der Waals surface area contributed by atoms with Gasteiger partial charge in [0.1, 0.15) is 0 Å². The summed E-state index contributed by atoms with van der Waals surface area (Å²) in [5.74, 6) is 1.20. The summed E-state index contributed by atoms with van der Waals surface area (Å²) < 4.78 is 1.18. The fraction of sp³-hybridized carbons (Fsp3) is 0.667. The fourth-order valence-electron chi connectivity index (χ4n) is 1.80. The molecule has 0 saturated carbocycles. The number of halogens is 1. The first-order chi connectivity index (χ1) is 8.11.